The van der Waals surface area contributed by atoms with Crippen LogP contribution < -0.4 is 4.90 Å². The number of fused-ring (bicyclic) bond motifs is 2. The van der Waals surface area contributed by atoms with Crippen molar-refractivity contribution in [2.24, 2.45) is 11.8 Å². The number of pyridine rings is 1. The van der Waals surface area contributed by atoms with Crippen molar-refractivity contribution in [3.05, 3.63) is 54.8 Å². The van der Waals surface area contributed by atoms with Crippen LogP contribution in [0.1, 0.15) is 25.0 Å². The van der Waals surface area contributed by atoms with Crippen molar-refractivity contribution < 1.29 is 18.0 Å². The first kappa shape index (κ1) is 23.4. The maximum Gasteiger partial charge on any atom is 0.451 e. The van der Waals surface area contributed by atoms with Gasteiger partial charge in [0.25, 0.3) is 0 Å². The molecule has 2 aliphatic heterocycles. The third-order valence-electron chi connectivity index (χ3n) is 7.27. The van der Waals surface area contributed by atoms with Gasteiger partial charge in [-0.15, -0.1) is 10.2 Å². The Hall–Kier alpha value is -4.03. The number of carbonyl (C=O) groups excluding carboxylic acids is 1. The lowest BCUT2D eigenvalue weighted by Gasteiger charge is -2.40. The van der Waals surface area contributed by atoms with Crippen molar-refractivity contribution in [1.29, 1.82) is 0 Å². The molecule has 1 aromatic carbocycles. The Morgan fingerprint density at radius 1 is 1.11 bits per heavy atom. The highest BCUT2D eigenvalue weighted by Crippen LogP contribution is 2.34. The molecule has 5 heterocycles. The van der Waals surface area contributed by atoms with Crippen LogP contribution in [0.5, 0.6) is 0 Å². The molecule has 1 amide bonds. The molecule has 1 fully saturated rings. The van der Waals surface area contributed by atoms with Gasteiger partial charge in [0.05, 0.1) is 17.7 Å². The van der Waals surface area contributed by atoms with E-state index in [1.54, 1.807) is 22.1 Å². The summed E-state index contributed by atoms with van der Waals surface area (Å²) in [4.78, 5) is 25.8. The largest absolute Gasteiger partial charge is 0.451 e. The highest BCUT2D eigenvalue weighted by molar-refractivity contribution is 5.93. The summed E-state index contributed by atoms with van der Waals surface area (Å²) < 4.78 is 42.2. The standard InChI is InChI=1S/C24H24F3N9O/c1-15-11-33(20-4-6-29-19-10-16(2-3-18(19)20)36-14-28-13-30-36)7-5-17(15)22(37)34-8-9-35-21(12-34)31-32-23(35)24(25,26)27/h2-4,6,10,13-15,17H,5,7-9,11-12H2,1H3. The molecule has 1 saturated heterocycles. The fourth-order valence-corrected chi connectivity index (χ4v) is 5.40. The van der Waals surface area contributed by atoms with Crippen molar-refractivity contribution in [3.8, 4) is 5.69 Å². The van der Waals surface area contributed by atoms with E-state index in [1.165, 1.54) is 6.33 Å². The van der Waals surface area contributed by atoms with Crippen molar-refractivity contribution in [3.63, 3.8) is 0 Å². The zero-order valence-corrected chi connectivity index (χ0v) is 20.0. The molecule has 4 aromatic rings. The Morgan fingerprint density at radius 2 is 1.97 bits per heavy atom. The second-order valence-corrected chi connectivity index (χ2v) is 9.54. The van der Waals surface area contributed by atoms with E-state index in [0.29, 0.717) is 19.5 Å². The van der Waals surface area contributed by atoms with E-state index in [4.69, 9.17) is 0 Å². The molecule has 10 nitrogen and oxygen atoms in total. The van der Waals surface area contributed by atoms with Crippen molar-refractivity contribution in [1.82, 2.24) is 39.4 Å². The second-order valence-electron chi connectivity index (χ2n) is 9.54. The minimum Gasteiger partial charge on any atom is -0.371 e. The average Bonchev–Trinajstić information content (AvgIpc) is 3.57. The van der Waals surface area contributed by atoms with Crippen LogP contribution in [-0.2, 0) is 24.1 Å². The fraction of sp³-hybridized carbons (Fsp3) is 0.417. The maximum atomic E-state index is 13.4. The van der Waals surface area contributed by atoms with Gasteiger partial charge in [-0.1, -0.05) is 6.92 Å². The van der Waals surface area contributed by atoms with E-state index in [9.17, 15) is 18.0 Å². The molecule has 6 rings (SSSR count). The normalized spacial score (nSPS) is 20.3. The van der Waals surface area contributed by atoms with Gasteiger partial charge in [0.1, 0.15) is 12.7 Å². The van der Waals surface area contributed by atoms with E-state index in [2.05, 4.69) is 37.1 Å². The van der Waals surface area contributed by atoms with Gasteiger partial charge in [-0.3, -0.25) is 9.78 Å². The zero-order valence-electron chi connectivity index (χ0n) is 20.0. The van der Waals surface area contributed by atoms with Crippen molar-refractivity contribution in [2.45, 2.75) is 32.6 Å². The number of benzene rings is 1. The summed E-state index contributed by atoms with van der Waals surface area (Å²) in [6.45, 7) is 3.71. The third kappa shape index (κ3) is 4.17. The van der Waals surface area contributed by atoms with Gasteiger partial charge in [-0.2, -0.15) is 18.3 Å². The number of rotatable bonds is 3. The molecule has 0 saturated carbocycles. The maximum absolute atomic E-state index is 13.4. The minimum atomic E-state index is -4.56. The molecule has 2 aliphatic rings. The van der Waals surface area contributed by atoms with Crippen LogP contribution in [0.3, 0.4) is 0 Å². The molecule has 192 valence electrons. The lowest BCUT2D eigenvalue weighted by atomic mass is 9.85. The summed E-state index contributed by atoms with van der Waals surface area (Å²) in [6, 6.07) is 7.95. The number of hydrogen-bond acceptors (Lipinski definition) is 7. The van der Waals surface area contributed by atoms with E-state index < -0.39 is 12.0 Å². The van der Waals surface area contributed by atoms with Crippen LogP contribution in [0.4, 0.5) is 18.9 Å². The molecule has 0 bridgehead atoms. The predicted octanol–water partition coefficient (Wildman–Crippen LogP) is 2.93. The first-order valence-corrected chi connectivity index (χ1v) is 12.1. The SMILES string of the molecule is CC1CN(c2ccnc3cc(-n4cncn4)ccc23)CCC1C(=O)N1CCn2c(nnc2C(F)(F)F)C1. The number of hydrogen-bond donors (Lipinski definition) is 0. The summed E-state index contributed by atoms with van der Waals surface area (Å²) in [5.74, 6) is -1.02. The number of alkyl halides is 3. The first-order valence-electron chi connectivity index (χ1n) is 12.1. The van der Waals surface area contributed by atoms with Crippen LogP contribution in [0, 0.1) is 11.8 Å². The highest BCUT2D eigenvalue weighted by atomic mass is 19.4. The van der Waals surface area contributed by atoms with Crippen LogP contribution in [0.2, 0.25) is 0 Å². The zero-order chi connectivity index (χ0) is 25.7. The molecule has 2 unspecified atom stereocenters. The number of halogens is 3. The molecule has 0 spiro atoms. The molecule has 37 heavy (non-hydrogen) atoms. The van der Waals surface area contributed by atoms with Gasteiger partial charge in [0.2, 0.25) is 11.7 Å². The smallest absolute Gasteiger partial charge is 0.371 e. The second kappa shape index (κ2) is 8.82. The summed E-state index contributed by atoms with van der Waals surface area (Å²) in [5, 5.41) is 12.2. The first-order chi connectivity index (χ1) is 17.8. The number of amides is 1. The van der Waals surface area contributed by atoms with E-state index in [-0.39, 0.29) is 43.2 Å². The van der Waals surface area contributed by atoms with Crippen LogP contribution in [0.15, 0.2) is 43.1 Å². The summed E-state index contributed by atoms with van der Waals surface area (Å²) in [6.07, 6.45) is 0.987. The number of aromatic nitrogens is 7. The van der Waals surface area contributed by atoms with Crippen molar-refractivity contribution >= 4 is 22.5 Å². The molecule has 0 radical (unpaired) electrons. The van der Waals surface area contributed by atoms with Crippen LogP contribution >= 0.6 is 0 Å². The van der Waals surface area contributed by atoms with Gasteiger partial charge in [-0.25, -0.2) is 9.67 Å². The van der Waals surface area contributed by atoms with Gasteiger partial charge in [0, 0.05) is 49.4 Å². The summed E-state index contributed by atoms with van der Waals surface area (Å²) in [7, 11) is 0. The monoisotopic (exact) mass is 511 g/mol. The molecule has 3 aromatic heterocycles. The fourth-order valence-electron chi connectivity index (χ4n) is 5.40. The van der Waals surface area contributed by atoms with E-state index in [1.807, 2.05) is 24.3 Å². The number of anilines is 1. The summed E-state index contributed by atoms with van der Waals surface area (Å²) >= 11 is 0. The lowest BCUT2D eigenvalue weighted by molar-refractivity contribution is -0.148. The Bertz CT molecular complexity index is 1450. The Labute approximate surface area is 209 Å². The minimum absolute atomic E-state index is 0.0352. The van der Waals surface area contributed by atoms with Gasteiger partial charge < -0.3 is 14.4 Å². The predicted molar refractivity (Wildman–Crippen MR) is 127 cm³/mol. The van der Waals surface area contributed by atoms with E-state index in [0.717, 1.165) is 26.8 Å². The van der Waals surface area contributed by atoms with Gasteiger partial charge in [-0.05, 0) is 36.6 Å². The Balaban J connectivity index is 1.16. The quantitative estimate of drug-likeness (QED) is 0.417. The summed E-state index contributed by atoms with van der Waals surface area (Å²) in [5.41, 5.74) is 2.76. The molecular formula is C24H24F3N9O. The average molecular weight is 512 g/mol. The number of nitrogens with zero attached hydrogens (tertiary/aromatic N) is 9. The Kier molecular flexibility index (Phi) is 5.57. The number of piperidine rings is 1. The Morgan fingerprint density at radius 3 is 2.73 bits per heavy atom. The van der Waals surface area contributed by atoms with Crippen molar-refractivity contribution in [2.75, 3.05) is 24.5 Å². The molecule has 2 atom stereocenters. The molecular weight excluding hydrogens is 487 g/mol. The van der Waals surface area contributed by atoms with E-state index >= 15 is 0 Å². The van der Waals surface area contributed by atoms with Crippen LogP contribution in [-0.4, -0.2) is 65.0 Å². The van der Waals surface area contributed by atoms with Gasteiger partial charge >= 0.3 is 6.18 Å². The molecule has 13 heteroatoms. The van der Waals surface area contributed by atoms with Gasteiger partial charge in [0.15, 0.2) is 5.82 Å². The molecule has 0 aliphatic carbocycles. The number of carbonyl (C=O) groups is 1. The lowest BCUT2D eigenvalue weighted by Crippen LogP contribution is -2.49. The third-order valence-corrected chi connectivity index (χ3v) is 7.27. The highest BCUT2D eigenvalue weighted by Gasteiger charge is 2.41. The molecule has 0 N–H and O–H groups in total. The van der Waals surface area contributed by atoms with Crippen LogP contribution in [0.25, 0.3) is 16.6 Å². The topological polar surface area (TPSA) is 97.9 Å².